The summed E-state index contributed by atoms with van der Waals surface area (Å²) in [4.78, 5) is 53.1. The largest absolute Gasteiger partial charge is 0.342 e. The van der Waals surface area contributed by atoms with Gasteiger partial charge in [-0.3, -0.25) is 35.2 Å². The molecule has 0 aromatic heterocycles. The van der Waals surface area contributed by atoms with Crippen molar-refractivity contribution in [1.29, 1.82) is 0 Å². The minimum Gasteiger partial charge on any atom is -0.342 e. The molecule has 3 saturated heterocycles. The number of urea groups is 1. The second-order valence-electron chi connectivity index (χ2n) is 8.20. The minimum atomic E-state index is -0.589. The summed E-state index contributed by atoms with van der Waals surface area (Å²) < 4.78 is 0. The molecule has 0 saturated carbocycles. The molecule has 172 valence electrons. The first-order chi connectivity index (χ1) is 15.3. The summed E-state index contributed by atoms with van der Waals surface area (Å²) in [5, 5.41) is 17.2. The van der Waals surface area contributed by atoms with Crippen molar-refractivity contribution in [1.82, 2.24) is 25.3 Å². The summed E-state index contributed by atoms with van der Waals surface area (Å²) in [7, 11) is 3.09. The van der Waals surface area contributed by atoms with E-state index < -0.39 is 34.6 Å². The van der Waals surface area contributed by atoms with E-state index in [1.807, 2.05) is 4.90 Å². The van der Waals surface area contributed by atoms with E-state index in [0.717, 1.165) is 36.4 Å². The first-order valence-corrected chi connectivity index (χ1v) is 11.5. The van der Waals surface area contributed by atoms with Gasteiger partial charge in [-0.05, 0) is 30.5 Å². The zero-order valence-corrected chi connectivity index (χ0v) is 18.7. The molecule has 32 heavy (non-hydrogen) atoms. The summed E-state index contributed by atoms with van der Waals surface area (Å²) in [5.41, 5.74) is 0.712. The lowest BCUT2D eigenvalue weighted by Gasteiger charge is -2.50. The molecule has 4 atom stereocenters. The van der Waals surface area contributed by atoms with Crippen LogP contribution in [0.5, 0.6) is 0 Å². The van der Waals surface area contributed by atoms with Crippen molar-refractivity contribution in [3.8, 4) is 0 Å². The number of carbonyl (C=O) groups is 3. The fraction of sp³-hybridized carbons (Fsp3) is 0.550. The number of non-ortho nitro benzene ring substituents is 1. The molecular formula is C20H26N6O5S. The number of hydrogen-bond acceptors (Lipinski definition) is 8. The van der Waals surface area contributed by atoms with Gasteiger partial charge in [-0.25, -0.2) is 4.79 Å². The predicted molar refractivity (Wildman–Crippen MR) is 117 cm³/mol. The number of benzene rings is 1. The van der Waals surface area contributed by atoms with Gasteiger partial charge in [-0.1, -0.05) is 0 Å². The second-order valence-corrected chi connectivity index (χ2v) is 9.33. The Morgan fingerprint density at radius 1 is 1.16 bits per heavy atom. The Labute approximate surface area is 189 Å². The zero-order valence-electron chi connectivity index (χ0n) is 17.9. The van der Waals surface area contributed by atoms with Crippen LogP contribution in [0.15, 0.2) is 24.3 Å². The van der Waals surface area contributed by atoms with Crippen LogP contribution in [-0.2, 0) is 9.59 Å². The van der Waals surface area contributed by atoms with Gasteiger partial charge in [0.2, 0.25) is 11.8 Å². The van der Waals surface area contributed by atoms with Crippen molar-refractivity contribution in [3.05, 3.63) is 39.9 Å². The van der Waals surface area contributed by atoms with Crippen LogP contribution in [0.4, 0.5) is 10.5 Å². The maximum atomic E-state index is 13.0. The number of amides is 4. The van der Waals surface area contributed by atoms with Crippen LogP contribution in [0.1, 0.15) is 24.6 Å². The Morgan fingerprint density at radius 2 is 1.81 bits per heavy atom. The van der Waals surface area contributed by atoms with Crippen molar-refractivity contribution in [3.63, 3.8) is 0 Å². The Morgan fingerprint density at radius 3 is 2.44 bits per heavy atom. The normalized spacial score (nSPS) is 28.1. The van der Waals surface area contributed by atoms with E-state index in [9.17, 15) is 24.5 Å². The summed E-state index contributed by atoms with van der Waals surface area (Å²) in [6.45, 7) is 1.52. The third-order valence-electron chi connectivity index (χ3n) is 6.24. The van der Waals surface area contributed by atoms with E-state index in [1.165, 1.54) is 35.8 Å². The van der Waals surface area contributed by atoms with E-state index in [2.05, 4.69) is 10.6 Å². The number of carbonyl (C=O) groups excluding carboxylic acids is 3. The molecule has 3 fully saturated rings. The third kappa shape index (κ3) is 4.17. The highest BCUT2D eigenvalue weighted by atomic mass is 32.2. The topological polar surface area (TPSA) is 128 Å². The molecule has 1 aromatic rings. The van der Waals surface area contributed by atoms with Gasteiger partial charge in [0.1, 0.15) is 0 Å². The highest BCUT2D eigenvalue weighted by Gasteiger charge is 2.51. The van der Waals surface area contributed by atoms with Crippen molar-refractivity contribution < 1.29 is 19.3 Å². The lowest BCUT2D eigenvalue weighted by atomic mass is 9.96. The van der Waals surface area contributed by atoms with Crippen LogP contribution in [0, 0.1) is 16.0 Å². The molecule has 4 unspecified atom stereocenters. The molecule has 2 N–H and O–H groups in total. The van der Waals surface area contributed by atoms with Crippen LogP contribution >= 0.6 is 11.8 Å². The van der Waals surface area contributed by atoms with E-state index in [0.29, 0.717) is 0 Å². The molecule has 12 heteroatoms. The van der Waals surface area contributed by atoms with Gasteiger partial charge < -0.3 is 9.80 Å². The quantitative estimate of drug-likeness (QED) is 0.489. The van der Waals surface area contributed by atoms with Crippen molar-refractivity contribution >= 4 is 35.3 Å². The highest BCUT2D eigenvalue weighted by molar-refractivity contribution is 8.00. The Balaban J connectivity index is 1.57. The summed E-state index contributed by atoms with van der Waals surface area (Å²) in [6.07, 6.45) is 0.978. The van der Waals surface area contributed by atoms with Gasteiger partial charge in [0, 0.05) is 39.3 Å². The maximum absolute atomic E-state index is 13.0. The van der Waals surface area contributed by atoms with Gasteiger partial charge >= 0.3 is 6.03 Å². The first kappa shape index (κ1) is 22.5. The van der Waals surface area contributed by atoms with Crippen LogP contribution < -0.4 is 10.6 Å². The van der Waals surface area contributed by atoms with E-state index in [-0.39, 0.29) is 23.3 Å². The number of nitro groups is 1. The second kappa shape index (κ2) is 9.04. The lowest BCUT2D eigenvalue weighted by molar-refractivity contribution is -0.384. The van der Waals surface area contributed by atoms with Crippen molar-refractivity contribution in [2.75, 3.05) is 32.9 Å². The smallest absolute Gasteiger partial charge is 0.327 e. The van der Waals surface area contributed by atoms with Gasteiger partial charge in [0.25, 0.3) is 5.69 Å². The molecule has 4 amide bonds. The first-order valence-electron chi connectivity index (χ1n) is 10.5. The molecule has 0 aliphatic carbocycles. The summed E-state index contributed by atoms with van der Waals surface area (Å²) in [6, 6.07) is 5.69. The van der Waals surface area contributed by atoms with Crippen molar-refractivity contribution in [2.24, 2.45) is 5.92 Å². The number of rotatable bonds is 5. The summed E-state index contributed by atoms with van der Waals surface area (Å²) in [5.74, 6) is -0.639. The molecule has 3 heterocycles. The molecule has 3 aliphatic rings. The zero-order chi connectivity index (χ0) is 23.0. The van der Waals surface area contributed by atoms with Gasteiger partial charge in [0.05, 0.1) is 34.3 Å². The van der Waals surface area contributed by atoms with Crippen LogP contribution in [0.2, 0.25) is 0 Å². The molecule has 0 bridgehead atoms. The van der Waals surface area contributed by atoms with Crippen LogP contribution in [0.25, 0.3) is 0 Å². The fourth-order valence-corrected chi connectivity index (χ4v) is 5.61. The molecular weight excluding hydrogens is 436 g/mol. The Kier molecular flexibility index (Phi) is 6.35. The Hall–Kier alpha value is -2.70. The fourth-order valence-electron chi connectivity index (χ4n) is 4.40. The van der Waals surface area contributed by atoms with Gasteiger partial charge in [0.15, 0.2) is 0 Å². The summed E-state index contributed by atoms with van der Waals surface area (Å²) >= 11 is 1.36. The molecule has 11 nitrogen and oxygen atoms in total. The standard InChI is InChI=1S/C20H26N6O5S/c1-23-17-15(19(28)24(2)20(23)29)18(32-11-14(27)25-9-3-4-10-25)22-16(21-17)12-5-7-13(8-6-12)26(30)31/h5-8,15-18,21-22H,3-4,9-11H2,1-2H3. The molecule has 1 aromatic carbocycles. The Bertz CT molecular complexity index is 922. The SMILES string of the molecule is CN1C(=O)C2C(SCC(=O)N3CCCC3)NC(c3ccc([N+](=O)[O-])cc3)NC2N(C)C1=O. The van der Waals surface area contributed by atoms with Gasteiger partial charge in [-0.15, -0.1) is 11.8 Å². The molecule has 0 spiro atoms. The number of nitrogens with zero attached hydrogens (tertiary/aromatic N) is 4. The van der Waals surface area contributed by atoms with Gasteiger partial charge in [-0.2, -0.15) is 0 Å². The molecule has 3 aliphatic heterocycles. The van der Waals surface area contributed by atoms with Crippen LogP contribution in [0.3, 0.4) is 0 Å². The van der Waals surface area contributed by atoms with Crippen molar-refractivity contribution in [2.45, 2.75) is 30.5 Å². The number of nitro benzene ring substituents is 1. The average Bonchev–Trinajstić information content (AvgIpc) is 3.34. The van der Waals surface area contributed by atoms with E-state index in [4.69, 9.17) is 0 Å². The average molecular weight is 463 g/mol. The third-order valence-corrected chi connectivity index (χ3v) is 7.44. The number of thioether (sulfide) groups is 1. The van der Waals surface area contributed by atoms with Crippen LogP contribution in [-0.4, -0.2) is 81.9 Å². The number of hydrogen-bond donors (Lipinski definition) is 2. The lowest BCUT2D eigenvalue weighted by Crippen LogP contribution is -2.72. The molecule has 0 radical (unpaired) electrons. The number of nitrogens with one attached hydrogen (secondary N) is 2. The van der Waals surface area contributed by atoms with E-state index >= 15 is 0 Å². The number of fused-ring (bicyclic) bond motifs is 1. The molecule has 4 rings (SSSR count). The minimum absolute atomic E-state index is 0.0219. The number of imide groups is 1. The predicted octanol–water partition coefficient (Wildman–Crippen LogP) is 0.934. The highest BCUT2D eigenvalue weighted by Crippen LogP contribution is 2.34. The maximum Gasteiger partial charge on any atom is 0.327 e. The number of likely N-dealkylation sites (tertiary alicyclic amines) is 1. The monoisotopic (exact) mass is 462 g/mol. The van der Waals surface area contributed by atoms with E-state index in [1.54, 1.807) is 19.2 Å².